The predicted octanol–water partition coefficient (Wildman–Crippen LogP) is 3.01. The first-order chi connectivity index (χ1) is 12.7. The van der Waals surface area contributed by atoms with E-state index in [1.165, 1.54) is 19.1 Å². The molecule has 10 heteroatoms. The third-order valence-corrected chi connectivity index (χ3v) is 5.07. The number of halogens is 3. The van der Waals surface area contributed by atoms with Crippen LogP contribution in [0.2, 0.25) is 0 Å². The summed E-state index contributed by atoms with van der Waals surface area (Å²) in [6, 6.07) is 4.56. The Bertz CT molecular complexity index is 908. The Morgan fingerprint density at radius 3 is 2.70 bits per heavy atom. The topological polar surface area (TPSA) is 93.3 Å². The molecular weight excluding hydrogens is 379 g/mol. The molecule has 0 aliphatic carbocycles. The van der Waals surface area contributed by atoms with Crippen LogP contribution in [0.4, 0.5) is 19.0 Å². The number of nitrogens with two attached hydrogens (primary N) is 1. The number of amidine groups is 1. The van der Waals surface area contributed by atoms with Gasteiger partial charge in [-0.15, -0.1) is 0 Å². The predicted molar refractivity (Wildman–Crippen MR) is 97.3 cm³/mol. The quantitative estimate of drug-likeness (QED) is 0.833. The van der Waals surface area contributed by atoms with Crippen LogP contribution in [0.25, 0.3) is 0 Å². The summed E-state index contributed by atoms with van der Waals surface area (Å²) in [7, 11) is 0. The number of hydrogen-bond acceptors (Lipinski definition) is 6. The van der Waals surface area contributed by atoms with Crippen molar-refractivity contribution in [3.8, 4) is 0 Å². The van der Waals surface area contributed by atoms with Crippen LogP contribution in [-0.2, 0) is 5.54 Å². The number of pyridine rings is 2. The molecule has 0 spiro atoms. The average Bonchev–Trinajstić information content (AvgIpc) is 2.61. The van der Waals surface area contributed by atoms with Crippen molar-refractivity contribution in [2.24, 2.45) is 10.7 Å². The molecule has 6 nitrogen and oxygen atoms in total. The summed E-state index contributed by atoms with van der Waals surface area (Å²) >= 11 is 1.06. The molecule has 3 atom stereocenters. The van der Waals surface area contributed by atoms with Gasteiger partial charge in [0.15, 0.2) is 5.17 Å². The fourth-order valence-electron chi connectivity index (χ4n) is 2.76. The minimum atomic E-state index is -1.63. The monoisotopic (exact) mass is 395 g/mol. The third kappa shape index (κ3) is 3.75. The van der Waals surface area contributed by atoms with E-state index in [1.54, 1.807) is 6.92 Å². The number of amides is 1. The lowest BCUT2D eigenvalue weighted by Gasteiger charge is -2.36. The first kappa shape index (κ1) is 19.2. The molecule has 3 N–H and O–H groups in total. The summed E-state index contributed by atoms with van der Waals surface area (Å²) in [4.78, 5) is 24.0. The average molecular weight is 395 g/mol. The Morgan fingerprint density at radius 1 is 1.30 bits per heavy atom. The van der Waals surface area contributed by atoms with Crippen LogP contribution >= 0.6 is 11.8 Å². The van der Waals surface area contributed by atoms with Crippen molar-refractivity contribution in [3.05, 3.63) is 53.5 Å². The number of aliphatic imine (C=N–C) groups is 1. The fourth-order valence-corrected chi connectivity index (χ4v) is 3.77. The maximum atomic E-state index is 14.8. The highest BCUT2D eigenvalue weighted by Gasteiger charge is 2.46. The van der Waals surface area contributed by atoms with E-state index in [0.717, 1.165) is 30.1 Å². The summed E-state index contributed by atoms with van der Waals surface area (Å²) in [5, 5.41) is 2.01. The molecular formula is C17H16F3N5OS. The van der Waals surface area contributed by atoms with E-state index in [2.05, 4.69) is 20.3 Å². The van der Waals surface area contributed by atoms with Crippen LogP contribution in [0, 0.1) is 11.6 Å². The van der Waals surface area contributed by atoms with Gasteiger partial charge in [-0.05, 0) is 38.1 Å². The van der Waals surface area contributed by atoms with E-state index in [1.807, 2.05) is 0 Å². The molecule has 0 radical (unpaired) electrons. The van der Waals surface area contributed by atoms with Crippen LogP contribution in [0.1, 0.15) is 30.0 Å². The SMILES string of the molecule is C[C@H]1SC(N)=N[C@](C)(c2nc(NC(=O)c3ccc(F)cn3)ccc2F)[C@H]1F. The maximum Gasteiger partial charge on any atom is 0.275 e. The number of anilines is 1. The number of rotatable bonds is 3. The number of carbonyl (C=O) groups is 1. The van der Waals surface area contributed by atoms with Crippen LogP contribution in [0.15, 0.2) is 35.5 Å². The van der Waals surface area contributed by atoms with Crippen LogP contribution in [0.3, 0.4) is 0 Å². The Labute approximate surface area is 157 Å². The van der Waals surface area contributed by atoms with Crippen molar-refractivity contribution in [2.75, 3.05) is 5.32 Å². The van der Waals surface area contributed by atoms with Crippen molar-refractivity contribution < 1.29 is 18.0 Å². The normalized spacial score (nSPS) is 25.0. The van der Waals surface area contributed by atoms with Gasteiger partial charge in [0.2, 0.25) is 0 Å². The van der Waals surface area contributed by atoms with Gasteiger partial charge in [-0.1, -0.05) is 11.8 Å². The van der Waals surface area contributed by atoms with E-state index in [9.17, 15) is 18.0 Å². The van der Waals surface area contributed by atoms with Gasteiger partial charge in [0, 0.05) is 5.25 Å². The molecule has 2 aromatic rings. The van der Waals surface area contributed by atoms with E-state index in [4.69, 9.17) is 5.73 Å². The number of alkyl halides is 1. The second-order valence-electron chi connectivity index (χ2n) is 6.16. The second-order valence-corrected chi connectivity index (χ2v) is 7.56. The molecule has 3 rings (SSSR count). The molecule has 2 aromatic heterocycles. The van der Waals surface area contributed by atoms with Gasteiger partial charge in [-0.2, -0.15) is 0 Å². The highest BCUT2D eigenvalue weighted by atomic mass is 32.2. The number of nitrogens with zero attached hydrogens (tertiary/aromatic N) is 3. The molecule has 1 aliphatic heterocycles. The van der Waals surface area contributed by atoms with Crippen molar-refractivity contribution in [1.82, 2.24) is 9.97 Å². The van der Waals surface area contributed by atoms with E-state index in [-0.39, 0.29) is 22.4 Å². The molecule has 142 valence electrons. The van der Waals surface area contributed by atoms with Gasteiger partial charge in [0.25, 0.3) is 5.91 Å². The van der Waals surface area contributed by atoms with Crippen molar-refractivity contribution >= 4 is 28.7 Å². The standard InChI is InChI=1S/C17H16F3N5OS/c1-8-13(20)17(2,25-16(21)27-8)14-10(19)4-6-12(23-14)24-15(26)11-5-3-9(18)7-22-11/h3-8,13H,1-2H3,(H2,21,25)(H,23,24,26)/t8-,13+,17+/m1/s1. The maximum absolute atomic E-state index is 14.8. The fraction of sp³-hybridized carbons (Fsp3) is 0.294. The van der Waals surface area contributed by atoms with Crippen LogP contribution < -0.4 is 11.1 Å². The van der Waals surface area contributed by atoms with Crippen molar-refractivity contribution in [2.45, 2.75) is 30.8 Å². The second kappa shape index (κ2) is 7.18. The zero-order valence-corrected chi connectivity index (χ0v) is 15.2. The Morgan fingerprint density at radius 2 is 2.04 bits per heavy atom. The van der Waals surface area contributed by atoms with Gasteiger partial charge in [-0.3, -0.25) is 4.79 Å². The first-order valence-electron chi connectivity index (χ1n) is 7.96. The number of nitrogens with one attached hydrogen (secondary N) is 1. The Kier molecular flexibility index (Phi) is 5.09. The smallest absolute Gasteiger partial charge is 0.275 e. The molecule has 0 saturated carbocycles. The van der Waals surface area contributed by atoms with Gasteiger partial charge < -0.3 is 11.1 Å². The molecule has 0 unspecified atom stereocenters. The highest BCUT2D eigenvalue weighted by Crippen LogP contribution is 2.41. The summed E-state index contributed by atoms with van der Waals surface area (Å²) in [5.41, 5.74) is 3.79. The van der Waals surface area contributed by atoms with Crippen molar-refractivity contribution in [3.63, 3.8) is 0 Å². The number of thioether (sulfide) groups is 1. The first-order valence-corrected chi connectivity index (χ1v) is 8.84. The van der Waals surface area contributed by atoms with Gasteiger partial charge in [-0.25, -0.2) is 28.1 Å². The number of hydrogen-bond donors (Lipinski definition) is 2. The Hall–Kier alpha value is -2.62. The van der Waals surface area contributed by atoms with Gasteiger partial charge in [0.1, 0.15) is 40.6 Å². The molecule has 0 saturated heterocycles. The van der Waals surface area contributed by atoms with Crippen LogP contribution in [-0.4, -0.2) is 32.5 Å². The molecule has 0 fully saturated rings. The largest absolute Gasteiger partial charge is 0.379 e. The zero-order valence-electron chi connectivity index (χ0n) is 14.4. The zero-order chi connectivity index (χ0) is 19.8. The molecule has 3 heterocycles. The summed E-state index contributed by atoms with van der Waals surface area (Å²) in [5.74, 6) is -2.04. The third-order valence-electron chi connectivity index (χ3n) is 4.13. The summed E-state index contributed by atoms with van der Waals surface area (Å²) in [6.07, 6.45) is -0.646. The summed E-state index contributed by atoms with van der Waals surface area (Å²) < 4.78 is 42.2. The minimum Gasteiger partial charge on any atom is -0.379 e. The summed E-state index contributed by atoms with van der Waals surface area (Å²) in [6.45, 7) is 3.03. The van der Waals surface area contributed by atoms with Gasteiger partial charge in [0.05, 0.1) is 6.20 Å². The lowest BCUT2D eigenvalue weighted by molar-refractivity contribution is 0.102. The van der Waals surface area contributed by atoms with E-state index >= 15 is 0 Å². The highest BCUT2D eigenvalue weighted by molar-refractivity contribution is 8.14. The number of carbonyl (C=O) groups excluding carboxylic acids is 1. The minimum absolute atomic E-state index is 0.0180. The lowest BCUT2D eigenvalue weighted by Crippen LogP contribution is -2.44. The molecule has 0 bridgehead atoms. The molecule has 27 heavy (non-hydrogen) atoms. The van der Waals surface area contributed by atoms with Crippen molar-refractivity contribution in [1.29, 1.82) is 0 Å². The molecule has 0 aromatic carbocycles. The molecule has 1 amide bonds. The van der Waals surface area contributed by atoms with Crippen LogP contribution in [0.5, 0.6) is 0 Å². The lowest BCUT2D eigenvalue weighted by atomic mass is 9.89. The Balaban J connectivity index is 1.94. The van der Waals surface area contributed by atoms with E-state index < -0.39 is 34.5 Å². The number of aromatic nitrogens is 2. The molecule has 1 aliphatic rings. The van der Waals surface area contributed by atoms with Gasteiger partial charge >= 0.3 is 0 Å². The van der Waals surface area contributed by atoms with E-state index in [0.29, 0.717) is 0 Å².